The zero-order valence-electron chi connectivity index (χ0n) is 11.7. The van der Waals surface area contributed by atoms with Crippen LogP contribution in [0.5, 0.6) is 5.75 Å². The summed E-state index contributed by atoms with van der Waals surface area (Å²) >= 11 is 0. The molecule has 20 heavy (non-hydrogen) atoms. The van der Waals surface area contributed by atoms with Gasteiger partial charge in [-0.2, -0.15) is 0 Å². The lowest BCUT2D eigenvalue weighted by Crippen LogP contribution is -2.00. The monoisotopic (exact) mass is 270 g/mol. The molecular formula is C16H18N2O2. The van der Waals surface area contributed by atoms with Crippen LogP contribution in [0, 0.1) is 6.92 Å². The molecule has 104 valence electrons. The quantitative estimate of drug-likeness (QED) is 0.515. The van der Waals surface area contributed by atoms with Crippen LogP contribution >= 0.6 is 0 Å². The van der Waals surface area contributed by atoms with Crippen molar-refractivity contribution in [3.63, 3.8) is 0 Å². The number of benzene rings is 1. The predicted molar refractivity (Wildman–Crippen MR) is 78.3 cm³/mol. The molecule has 0 spiro atoms. The molecule has 0 aliphatic rings. The molecule has 0 saturated heterocycles. The van der Waals surface area contributed by atoms with Crippen LogP contribution in [0.15, 0.2) is 47.6 Å². The van der Waals surface area contributed by atoms with Crippen LogP contribution in [0.3, 0.4) is 0 Å². The van der Waals surface area contributed by atoms with Crippen molar-refractivity contribution in [3.05, 3.63) is 59.4 Å². The Hall–Kier alpha value is -2.36. The first-order chi connectivity index (χ1) is 9.67. The molecule has 0 fully saturated rings. The third-order valence-electron chi connectivity index (χ3n) is 2.89. The smallest absolute Gasteiger partial charge is 0.130 e. The fraction of sp³-hybridized carbons (Fsp3) is 0.250. The SMILES string of the molecule is C/C(Cc1ccc(OCc2cccc(C)n2)cc1)=N/O. The Kier molecular flexibility index (Phi) is 4.71. The van der Waals surface area contributed by atoms with Crippen LogP contribution in [-0.2, 0) is 13.0 Å². The van der Waals surface area contributed by atoms with Gasteiger partial charge in [0.1, 0.15) is 12.4 Å². The Bertz CT molecular complexity index is 592. The second kappa shape index (κ2) is 6.70. The van der Waals surface area contributed by atoms with E-state index in [2.05, 4.69) is 10.1 Å². The number of hydrogen-bond acceptors (Lipinski definition) is 4. The maximum Gasteiger partial charge on any atom is 0.130 e. The van der Waals surface area contributed by atoms with E-state index in [1.807, 2.05) is 49.4 Å². The van der Waals surface area contributed by atoms with E-state index in [9.17, 15) is 0 Å². The molecule has 0 bridgehead atoms. The third kappa shape index (κ3) is 4.09. The molecule has 0 radical (unpaired) electrons. The molecule has 1 heterocycles. The van der Waals surface area contributed by atoms with Crippen molar-refractivity contribution in [3.8, 4) is 5.75 Å². The molecule has 0 aliphatic heterocycles. The Labute approximate surface area is 118 Å². The van der Waals surface area contributed by atoms with E-state index in [-0.39, 0.29) is 0 Å². The molecule has 0 aliphatic carbocycles. The standard InChI is InChI=1S/C16H18N2O2/c1-12-4-3-5-15(17-12)11-20-16-8-6-14(7-9-16)10-13(2)18-19/h3-9,19H,10-11H2,1-2H3/b18-13-. The van der Waals surface area contributed by atoms with Gasteiger partial charge in [0.05, 0.1) is 11.4 Å². The first-order valence-corrected chi connectivity index (χ1v) is 6.49. The van der Waals surface area contributed by atoms with E-state index in [0.29, 0.717) is 18.7 Å². The zero-order chi connectivity index (χ0) is 14.4. The minimum Gasteiger partial charge on any atom is -0.487 e. The maximum absolute atomic E-state index is 8.64. The molecule has 1 aromatic carbocycles. The number of aryl methyl sites for hydroxylation is 1. The molecule has 1 N–H and O–H groups in total. The number of oxime groups is 1. The summed E-state index contributed by atoms with van der Waals surface area (Å²) in [5.41, 5.74) is 3.67. The lowest BCUT2D eigenvalue weighted by molar-refractivity contribution is 0.301. The molecule has 2 aromatic rings. The van der Waals surface area contributed by atoms with Crippen molar-refractivity contribution in [2.24, 2.45) is 5.16 Å². The largest absolute Gasteiger partial charge is 0.487 e. The zero-order valence-corrected chi connectivity index (χ0v) is 11.7. The maximum atomic E-state index is 8.64. The molecule has 2 rings (SSSR count). The van der Waals surface area contributed by atoms with Crippen LogP contribution < -0.4 is 4.74 Å². The van der Waals surface area contributed by atoms with Crippen LogP contribution in [-0.4, -0.2) is 15.9 Å². The summed E-state index contributed by atoms with van der Waals surface area (Å²) in [5, 5.41) is 11.8. The summed E-state index contributed by atoms with van der Waals surface area (Å²) in [6.45, 7) is 4.20. The van der Waals surface area contributed by atoms with Gasteiger partial charge in [-0.3, -0.25) is 4.98 Å². The highest BCUT2D eigenvalue weighted by Gasteiger charge is 2.00. The van der Waals surface area contributed by atoms with Crippen molar-refractivity contribution in [1.29, 1.82) is 0 Å². The molecule has 0 saturated carbocycles. The van der Waals surface area contributed by atoms with Crippen LogP contribution in [0.4, 0.5) is 0 Å². The summed E-state index contributed by atoms with van der Waals surface area (Å²) in [6, 6.07) is 13.6. The number of hydrogen-bond donors (Lipinski definition) is 1. The summed E-state index contributed by atoms with van der Waals surface area (Å²) in [7, 11) is 0. The van der Waals surface area contributed by atoms with Gasteiger partial charge in [0, 0.05) is 12.1 Å². The number of aromatic nitrogens is 1. The van der Waals surface area contributed by atoms with E-state index >= 15 is 0 Å². The third-order valence-corrected chi connectivity index (χ3v) is 2.89. The lowest BCUT2D eigenvalue weighted by atomic mass is 10.1. The molecule has 1 aromatic heterocycles. The highest BCUT2D eigenvalue weighted by Crippen LogP contribution is 2.14. The highest BCUT2D eigenvalue weighted by atomic mass is 16.5. The van der Waals surface area contributed by atoms with E-state index in [4.69, 9.17) is 9.94 Å². The Balaban J connectivity index is 1.94. The molecule has 0 unspecified atom stereocenters. The molecule has 0 amide bonds. The first kappa shape index (κ1) is 14.1. The number of ether oxygens (including phenoxy) is 1. The van der Waals surface area contributed by atoms with Crippen molar-refractivity contribution in [1.82, 2.24) is 4.98 Å². The van der Waals surface area contributed by atoms with Crippen molar-refractivity contribution >= 4 is 5.71 Å². The number of rotatable bonds is 5. The van der Waals surface area contributed by atoms with Crippen LogP contribution in [0.2, 0.25) is 0 Å². The molecule has 4 nitrogen and oxygen atoms in total. The second-order valence-electron chi connectivity index (χ2n) is 4.71. The summed E-state index contributed by atoms with van der Waals surface area (Å²) < 4.78 is 5.69. The van der Waals surface area contributed by atoms with E-state index < -0.39 is 0 Å². The first-order valence-electron chi connectivity index (χ1n) is 6.49. The van der Waals surface area contributed by atoms with Crippen molar-refractivity contribution < 1.29 is 9.94 Å². The summed E-state index contributed by atoms with van der Waals surface area (Å²) in [5.74, 6) is 0.802. The Morgan fingerprint density at radius 1 is 1.20 bits per heavy atom. The Morgan fingerprint density at radius 3 is 2.60 bits per heavy atom. The van der Waals surface area contributed by atoms with E-state index in [1.165, 1.54) is 0 Å². The van der Waals surface area contributed by atoms with Gasteiger partial charge in [0.15, 0.2) is 0 Å². The fourth-order valence-electron chi connectivity index (χ4n) is 1.87. The molecular weight excluding hydrogens is 252 g/mol. The second-order valence-corrected chi connectivity index (χ2v) is 4.71. The van der Waals surface area contributed by atoms with Gasteiger partial charge in [-0.05, 0) is 43.7 Å². The minimum atomic E-state index is 0.457. The van der Waals surface area contributed by atoms with Crippen LogP contribution in [0.25, 0.3) is 0 Å². The van der Waals surface area contributed by atoms with Gasteiger partial charge in [0.2, 0.25) is 0 Å². The summed E-state index contributed by atoms with van der Waals surface area (Å²) in [6.07, 6.45) is 0.635. The number of pyridine rings is 1. The number of nitrogens with zero attached hydrogens (tertiary/aromatic N) is 2. The van der Waals surface area contributed by atoms with E-state index in [1.54, 1.807) is 6.92 Å². The average Bonchev–Trinajstić information content (AvgIpc) is 2.46. The van der Waals surface area contributed by atoms with Gasteiger partial charge in [-0.25, -0.2) is 0 Å². The predicted octanol–water partition coefficient (Wildman–Crippen LogP) is 3.36. The van der Waals surface area contributed by atoms with E-state index in [0.717, 1.165) is 22.7 Å². The summed E-state index contributed by atoms with van der Waals surface area (Å²) in [4.78, 5) is 4.39. The molecule has 4 heteroatoms. The topological polar surface area (TPSA) is 54.7 Å². The molecule has 0 atom stereocenters. The van der Waals surface area contributed by atoms with Gasteiger partial charge >= 0.3 is 0 Å². The van der Waals surface area contributed by atoms with Crippen molar-refractivity contribution in [2.75, 3.05) is 0 Å². The average molecular weight is 270 g/mol. The van der Waals surface area contributed by atoms with Gasteiger partial charge < -0.3 is 9.94 Å². The normalized spacial score (nSPS) is 11.4. The van der Waals surface area contributed by atoms with Crippen LogP contribution in [0.1, 0.15) is 23.9 Å². The van der Waals surface area contributed by atoms with Crippen molar-refractivity contribution in [2.45, 2.75) is 26.9 Å². The lowest BCUT2D eigenvalue weighted by Gasteiger charge is -2.07. The highest BCUT2D eigenvalue weighted by molar-refractivity contribution is 5.83. The van der Waals surface area contributed by atoms with Gasteiger partial charge in [-0.1, -0.05) is 23.4 Å². The van der Waals surface area contributed by atoms with Gasteiger partial charge in [-0.15, -0.1) is 0 Å². The Morgan fingerprint density at radius 2 is 1.95 bits per heavy atom. The minimum absolute atomic E-state index is 0.457. The fourth-order valence-corrected chi connectivity index (χ4v) is 1.87. The van der Waals surface area contributed by atoms with Gasteiger partial charge in [0.25, 0.3) is 0 Å².